The second-order valence-corrected chi connectivity index (χ2v) is 5.27. The largest absolute Gasteiger partial charge is 0.451 e. The first-order valence-corrected chi connectivity index (χ1v) is 7.20. The first kappa shape index (κ1) is 16.2. The molecule has 3 rings (SSSR count). The third kappa shape index (κ3) is 3.62. The van der Waals surface area contributed by atoms with Gasteiger partial charge in [0.1, 0.15) is 0 Å². The molecule has 0 aliphatic carbocycles. The van der Waals surface area contributed by atoms with E-state index in [0.29, 0.717) is 10.4 Å². The van der Waals surface area contributed by atoms with Crippen LogP contribution in [0, 0.1) is 0 Å². The van der Waals surface area contributed by atoms with Crippen molar-refractivity contribution in [1.29, 1.82) is 0 Å². The van der Waals surface area contributed by atoms with E-state index in [4.69, 9.17) is 11.6 Å². The molecule has 0 bridgehead atoms. The molecule has 4 nitrogen and oxygen atoms in total. The molecule has 0 radical (unpaired) electrons. The topological polar surface area (TPSA) is 50.2 Å². The van der Waals surface area contributed by atoms with Gasteiger partial charge in [0.2, 0.25) is 5.82 Å². The molecule has 1 heterocycles. The maximum Gasteiger partial charge on any atom is 0.451 e. The first-order valence-electron chi connectivity index (χ1n) is 6.82. The number of nitrogens with one attached hydrogen (secondary N) is 1. The predicted molar refractivity (Wildman–Crippen MR) is 87.2 cm³/mol. The lowest BCUT2D eigenvalue weighted by Crippen LogP contribution is -2.12. The molecule has 0 saturated carbocycles. The van der Waals surface area contributed by atoms with Crippen LogP contribution in [0.25, 0.3) is 10.9 Å². The highest BCUT2D eigenvalue weighted by Crippen LogP contribution is 2.30. The number of aromatic nitrogens is 2. The van der Waals surface area contributed by atoms with Crippen molar-refractivity contribution in [2.75, 3.05) is 5.43 Å². The number of hydrogen-bond acceptors (Lipinski definition) is 4. The van der Waals surface area contributed by atoms with Gasteiger partial charge in [0, 0.05) is 10.4 Å². The average Bonchev–Trinajstić information content (AvgIpc) is 2.55. The standard InChI is InChI=1S/C16H10ClF3N4/c17-11-7-5-10(6-8-11)9-21-24-14-12-3-1-2-4-13(12)22-15(23-14)16(18,19)20/h1-9H,(H,22,23,24)/b21-9-. The lowest BCUT2D eigenvalue weighted by atomic mass is 10.2. The molecule has 1 N–H and O–H groups in total. The van der Waals surface area contributed by atoms with Gasteiger partial charge in [-0.2, -0.15) is 18.3 Å². The van der Waals surface area contributed by atoms with Gasteiger partial charge in [-0.25, -0.2) is 9.97 Å². The van der Waals surface area contributed by atoms with Crippen molar-refractivity contribution in [3.05, 3.63) is 64.9 Å². The van der Waals surface area contributed by atoms with Gasteiger partial charge in [-0.15, -0.1) is 0 Å². The Labute approximate surface area is 140 Å². The molecule has 2 aromatic carbocycles. The minimum atomic E-state index is -4.64. The minimum Gasteiger partial charge on any atom is -0.261 e. The van der Waals surface area contributed by atoms with Gasteiger partial charge < -0.3 is 0 Å². The van der Waals surface area contributed by atoms with Crippen LogP contribution in [0.1, 0.15) is 11.4 Å². The fraction of sp³-hybridized carbons (Fsp3) is 0.0625. The Bertz CT molecular complexity index is 892. The van der Waals surface area contributed by atoms with E-state index in [-0.39, 0.29) is 11.3 Å². The van der Waals surface area contributed by atoms with Gasteiger partial charge in [-0.3, -0.25) is 5.43 Å². The van der Waals surface area contributed by atoms with E-state index < -0.39 is 12.0 Å². The van der Waals surface area contributed by atoms with Crippen LogP contribution in [0.15, 0.2) is 53.6 Å². The molecular formula is C16H10ClF3N4. The number of fused-ring (bicyclic) bond motifs is 1. The number of hydrogen-bond donors (Lipinski definition) is 1. The maximum absolute atomic E-state index is 12.9. The SMILES string of the molecule is FC(F)(F)c1nc(N/N=C\c2ccc(Cl)cc2)c2ccccc2n1. The number of nitrogens with zero attached hydrogens (tertiary/aromatic N) is 3. The summed E-state index contributed by atoms with van der Waals surface area (Å²) < 4.78 is 38.8. The summed E-state index contributed by atoms with van der Waals surface area (Å²) in [4.78, 5) is 7.08. The Kier molecular flexibility index (Phi) is 4.35. The zero-order valence-electron chi connectivity index (χ0n) is 12.0. The van der Waals surface area contributed by atoms with Crippen LogP contribution in [0.4, 0.5) is 19.0 Å². The molecular weight excluding hydrogens is 341 g/mol. The van der Waals surface area contributed by atoms with Crippen molar-refractivity contribution < 1.29 is 13.2 Å². The molecule has 1 aromatic heterocycles. The summed E-state index contributed by atoms with van der Waals surface area (Å²) in [7, 11) is 0. The molecule has 0 fully saturated rings. The van der Waals surface area contributed by atoms with Gasteiger partial charge in [0.15, 0.2) is 5.82 Å². The van der Waals surface area contributed by atoms with E-state index in [2.05, 4.69) is 20.5 Å². The molecule has 24 heavy (non-hydrogen) atoms. The number of rotatable bonds is 3. The highest BCUT2D eigenvalue weighted by atomic mass is 35.5. The molecule has 0 atom stereocenters. The molecule has 0 amide bonds. The Balaban J connectivity index is 1.94. The maximum atomic E-state index is 12.9. The number of halogens is 4. The van der Waals surface area contributed by atoms with Crippen molar-refractivity contribution in [3.8, 4) is 0 Å². The normalized spacial score (nSPS) is 12.0. The van der Waals surface area contributed by atoms with Gasteiger partial charge in [0.05, 0.1) is 11.7 Å². The summed E-state index contributed by atoms with van der Waals surface area (Å²) in [5.41, 5.74) is 3.47. The van der Waals surface area contributed by atoms with Crippen LogP contribution in [0.2, 0.25) is 5.02 Å². The van der Waals surface area contributed by atoms with Crippen LogP contribution >= 0.6 is 11.6 Å². The predicted octanol–water partition coefficient (Wildman–Crippen LogP) is 4.75. The highest BCUT2D eigenvalue weighted by Gasteiger charge is 2.35. The van der Waals surface area contributed by atoms with Crippen molar-refractivity contribution in [3.63, 3.8) is 0 Å². The smallest absolute Gasteiger partial charge is 0.261 e. The fourth-order valence-electron chi connectivity index (χ4n) is 2.01. The number of hydrazone groups is 1. The van der Waals surface area contributed by atoms with Crippen LogP contribution in [0.3, 0.4) is 0 Å². The molecule has 122 valence electrons. The van der Waals surface area contributed by atoms with E-state index in [1.807, 2.05) is 0 Å². The zero-order chi connectivity index (χ0) is 17.2. The Morgan fingerprint density at radius 2 is 1.71 bits per heavy atom. The van der Waals surface area contributed by atoms with Crippen LogP contribution in [0.5, 0.6) is 0 Å². The average molecular weight is 351 g/mol. The number of anilines is 1. The van der Waals surface area contributed by atoms with Crippen molar-refractivity contribution >= 4 is 34.5 Å². The number of benzene rings is 2. The minimum absolute atomic E-state index is 0.0156. The molecule has 0 aliphatic heterocycles. The number of alkyl halides is 3. The quantitative estimate of drug-likeness (QED) is 0.548. The molecule has 3 aromatic rings. The second-order valence-electron chi connectivity index (χ2n) is 4.83. The zero-order valence-corrected chi connectivity index (χ0v) is 12.8. The van der Waals surface area contributed by atoms with E-state index in [1.54, 1.807) is 42.5 Å². The van der Waals surface area contributed by atoms with Crippen LogP contribution < -0.4 is 5.43 Å². The van der Waals surface area contributed by atoms with E-state index >= 15 is 0 Å². The summed E-state index contributed by atoms with van der Waals surface area (Å²) >= 11 is 5.78. The molecule has 0 aliphatic rings. The van der Waals surface area contributed by atoms with Crippen molar-refractivity contribution in [2.45, 2.75) is 6.18 Å². The van der Waals surface area contributed by atoms with E-state index in [1.165, 1.54) is 12.3 Å². The lowest BCUT2D eigenvalue weighted by Gasteiger charge is -2.09. The van der Waals surface area contributed by atoms with E-state index in [9.17, 15) is 13.2 Å². The summed E-state index contributed by atoms with van der Waals surface area (Å²) in [6, 6.07) is 13.2. The summed E-state index contributed by atoms with van der Waals surface area (Å²) in [6.45, 7) is 0. The Morgan fingerprint density at radius 3 is 2.42 bits per heavy atom. The number of para-hydroxylation sites is 1. The molecule has 8 heteroatoms. The molecule has 0 spiro atoms. The Hall–Kier alpha value is -2.67. The Morgan fingerprint density at radius 1 is 1.00 bits per heavy atom. The second kappa shape index (κ2) is 6.45. The molecule has 0 saturated heterocycles. The van der Waals surface area contributed by atoms with Crippen molar-refractivity contribution in [2.24, 2.45) is 5.10 Å². The third-order valence-corrected chi connectivity index (χ3v) is 3.36. The fourth-order valence-corrected chi connectivity index (χ4v) is 2.13. The molecule has 0 unspecified atom stereocenters. The van der Waals surface area contributed by atoms with Crippen molar-refractivity contribution in [1.82, 2.24) is 9.97 Å². The van der Waals surface area contributed by atoms with Crippen LogP contribution in [-0.2, 0) is 6.18 Å². The third-order valence-electron chi connectivity index (χ3n) is 3.11. The highest BCUT2D eigenvalue weighted by molar-refractivity contribution is 6.30. The van der Waals surface area contributed by atoms with Gasteiger partial charge in [0.25, 0.3) is 0 Å². The van der Waals surface area contributed by atoms with Gasteiger partial charge in [-0.05, 0) is 29.8 Å². The summed E-state index contributed by atoms with van der Waals surface area (Å²) in [5, 5.41) is 4.96. The van der Waals surface area contributed by atoms with Crippen LogP contribution in [-0.4, -0.2) is 16.2 Å². The van der Waals surface area contributed by atoms with Gasteiger partial charge in [-0.1, -0.05) is 35.9 Å². The van der Waals surface area contributed by atoms with Gasteiger partial charge >= 0.3 is 6.18 Å². The lowest BCUT2D eigenvalue weighted by molar-refractivity contribution is -0.144. The monoisotopic (exact) mass is 350 g/mol. The first-order chi connectivity index (χ1) is 11.4. The summed E-state index contributed by atoms with van der Waals surface area (Å²) in [5.74, 6) is -1.23. The summed E-state index contributed by atoms with van der Waals surface area (Å²) in [6.07, 6.45) is -3.18. The van der Waals surface area contributed by atoms with E-state index in [0.717, 1.165) is 5.56 Å².